The third-order valence-corrected chi connectivity index (χ3v) is 3.51. The Morgan fingerprint density at radius 2 is 2.14 bits per heavy atom. The highest BCUT2D eigenvalue weighted by atomic mass is 35.5. The minimum atomic E-state index is -0.695. The predicted octanol–water partition coefficient (Wildman–Crippen LogP) is 4.71. The fraction of sp³-hybridized carbons (Fsp3) is 0.133. The first-order valence-electron chi connectivity index (χ1n) is 6.25. The molecule has 0 saturated heterocycles. The summed E-state index contributed by atoms with van der Waals surface area (Å²) in [7, 11) is 0. The Morgan fingerprint density at radius 1 is 1.36 bits per heavy atom. The van der Waals surface area contributed by atoms with Crippen molar-refractivity contribution in [2.75, 3.05) is 0 Å². The fourth-order valence-corrected chi connectivity index (χ4v) is 2.42. The Hall–Kier alpha value is -2.52. The average molecular weight is 320 g/mol. The molecule has 2 aromatic rings. The molecular formula is C15H8ClF2N3O. The van der Waals surface area contributed by atoms with E-state index in [0.717, 1.165) is 18.0 Å². The standard InChI is InChI=1S/C15H8ClF2N3O/c1-7-3-8-9(4-7)12(18)11(5-10(8)17)22-15-13(19-2)14(16)20-6-21-15/h4-6H,3H2,1H3. The normalized spacial score (nSPS) is 12.6. The van der Waals surface area contributed by atoms with Crippen molar-refractivity contribution in [2.24, 2.45) is 0 Å². The molecule has 1 aliphatic carbocycles. The van der Waals surface area contributed by atoms with Crippen LogP contribution in [0.5, 0.6) is 11.6 Å². The van der Waals surface area contributed by atoms with Gasteiger partial charge in [0.15, 0.2) is 11.6 Å². The van der Waals surface area contributed by atoms with Crippen molar-refractivity contribution in [3.8, 4) is 11.6 Å². The van der Waals surface area contributed by atoms with Crippen LogP contribution in [0.15, 0.2) is 18.0 Å². The van der Waals surface area contributed by atoms with Crippen molar-refractivity contribution in [3.05, 3.63) is 57.3 Å². The van der Waals surface area contributed by atoms with E-state index >= 15 is 0 Å². The van der Waals surface area contributed by atoms with Crippen LogP contribution < -0.4 is 4.74 Å². The van der Waals surface area contributed by atoms with E-state index < -0.39 is 11.6 Å². The minimum absolute atomic E-state index is 0.113. The topological polar surface area (TPSA) is 39.4 Å². The van der Waals surface area contributed by atoms with Gasteiger partial charge in [-0.2, -0.15) is 0 Å². The first kappa shape index (κ1) is 14.4. The van der Waals surface area contributed by atoms with E-state index in [0.29, 0.717) is 12.0 Å². The highest BCUT2D eigenvalue weighted by Crippen LogP contribution is 2.39. The fourth-order valence-electron chi connectivity index (χ4n) is 2.26. The van der Waals surface area contributed by atoms with Gasteiger partial charge in [0.2, 0.25) is 5.88 Å². The molecule has 1 aromatic heterocycles. The maximum absolute atomic E-state index is 14.5. The molecule has 0 fully saturated rings. The predicted molar refractivity (Wildman–Crippen MR) is 77.1 cm³/mol. The maximum atomic E-state index is 14.5. The first-order chi connectivity index (χ1) is 10.5. The number of fused-ring (bicyclic) bond motifs is 1. The van der Waals surface area contributed by atoms with E-state index in [1.807, 2.05) is 0 Å². The zero-order valence-corrected chi connectivity index (χ0v) is 12.1. The molecule has 0 amide bonds. The Bertz CT molecular complexity index is 859. The van der Waals surface area contributed by atoms with Crippen molar-refractivity contribution >= 4 is 23.4 Å². The summed E-state index contributed by atoms with van der Waals surface area (Å²) in [6.45, 7) is 8.83. The molecule has 22 heavy (non-hydrogen) atoms. The van der Waals surface area contributed by atoms with Gasteiger partial charge >= 0.3 is 0 Å². The van der Waals surface area contributed by atoms with Gasteiger partial charge in [0.1, 0.15) is 17.3 Å². The SMILES string of the molecule is [C-]#[N+]c1c(Cl)ncnc1Oc1cc(F)c2c(c1F)C=C(C)C2. The third kappa shape index (κ3) is 2.30. The third-order valence-electron chi connectivity index (χ3n) is 3.23. The van der Waals surface area contributed by atoms with Gasteiger partial charge in [-0.15, -0.1) is 0 Å². The molecular weight excluding hydrogens is 312 g/mol. The second-order valence-electron chi connectivity index (χ2n) is 4.76. The van der Waals surface area contributed by atoms with E-state index in [2.05, 4.69) is 14.8 Å². The number of benzene rings is 1. The van der Waals surface area contributed by atoms with Crippen LogP contribution in [0.25, 0.3) is 10.9 Å². The molecule has 0 radical (unpaired) electrons. The number of halogens is 3. The number of aromatic nitrogens is 2. The van der Waals surface area contributed by atoms with Gasteiger partial charge in [0.25, 0.3) is 5.69 Å². The summed E-state index contributed by atoms with van der Waals surface area (Å²) in [5.74, 6) is -1.82. The molecule has 110 valence electrons. The Balaban J connectivity index is 2.09. The highest BCUT2D eigenvalue weighted by Gasteiger charge is 2.24. The smallest absolute Gasteiger partial charge is 0.283 e. The number of allylic oxidation sites excluding steroid dienone is 1. The number of rotatable bonds is 2. The van der Waals surface area contributed by atoms with Crippen LogP contribution in [-0.4, -0.2) is 9.97 Å². The molecule has 1 aromatic carbocycles. The Labute approximate surface area is 129 Å². The van der Waals surface area contributed by atoms with Crippen molar-refractivity contribution in [3.63, 3.8) is 0 Å². The summed E-state index contributed by atoms with van der Waals surface area (Å²) in [6, 6.07) is 0.949. The Morgan fingerprint density at radius 3 is 2.86 bits per heavy atom. The van der Waals surface area contributed by atoms with Gasteiger partial charge in [-0.05, 0) is 13.3 Å². The molecule has 0 bridgehead atoms. The zero-order valence-electron chi connectivity index (χ0n) is 11.3. The Kier molecular flexibility index (Phi) is 3.51. The minimum Gasteiger partial charge on any atom is -0.446 e. The summed E-state index contributed by atoms with van der Waals surface area (Å²) in [4.78, 5) is 10.5. The zero-order chi connectivity index (χ0) is 15.9. The van der Waals surface area contributed by atoms with E-state index in [1.54, 1.807) is 13.0 Å². The molecule has 0 spiro atoms. The van der Waals surface area contributed by atoms with E-state index in [4.69, 9.17) is 22.9 Å². The van der Waals surface area contributed by atoms with Gasteiger partial charge in [0.05, 0.1) is 6.57 Å². The second-order valence-corrected chi connectivity index (χ2v) is 5.12. The molecule has 0 aliphatic heterocycles. The second kappa shape index (κ2) is 5.35. The van der Waals surface area contributed by atoms with Crippen LogP contribution in [0.4, 0.5) is 14.5 Å². The van der Waals surface area contributed by atoms with Crippen molar-refractivity contribution in [2.45, 2.75) is 13.3 Å². The van der Waals surface area contributed by atoms with Crippen LogP contribution >= 0.6 is 11.6 Å². The van der Waals surface area contributed by atoms with Gasteiger partial charge in [0, 0.05) is 17.2 Å². The largest absolute Gasteiger partial charge is 0.446 e. The summed E-state index contributed by atoms with van der Waals surface area (Å²) in [6.07, 6.45) is 3.02. The maximum Gasteiger partial charge on any atom is 0.283 e. The van der Waals surface area contributed by atoms with E-state index in [9.17, 15) is 8.78 Å². The quantitative estimate of drug-likeness (QED) is 0.594. The van der Waals surface area contributed by atoms with Crippen LogP contribution in [0.1, 0.15) is 18.1 Å². The van der Waals surface area contributed by atoms with Crippen LogP contribution in [0, 0.1) is 18.2 Å². The molecule has 0 unspecified atom stereocenters. The summed E-state index contributed by atoms with van der Waals surface area (Å²) < 4.78 is 33.8. The number of hydrogen-bond acceptors (Lipinski definition) is 3. The monoisotopic (exact) mass is 319 g/mol. The highest BCUT2D eigenvalue weighted by molar-refractivity contribution is 6.32. The van der Waals surface area contributed by atoms with Gasteiger partial charge < -0.3 is 4.74 Å². The van der Waals surface area contributed by atoms with Crippen LogP contribution in [0.2, 0.25) is 5.15 Å². The van der Waals surface area contributed by atoms with Gasteiger partial charge in [-0.1, -0.05) is 23.3 Å². The molecule has 4 nitrogen and oxygen atoms in total. The van der Waals surface area contributed by atoms with Gasteiger partial charge in [-0.25, -0.2) is 23.6 Å². The van der Waals surface area contributed by atoms with Crippen LogP contribution in [-0.2, 0) is 6.42 Å². The lowest BCUT2D eigenvalue weighted by Gasteiger charge is -2.11. The molecule has 7 heteroatoms. The van der Waals surface area contributed by atoms with Crippen LogP contribution in [0.3, 0.4) is 0 Å². The lowest BCUT2D eigenvalue weighted by atomic mass is 10.1. The molecule has 0 atom stereocenters. The summed E-state index contributed by atoms with van der Waals surface area (Å²) in [5, 5.41) is -0.113. The molecule has 3 rings (SSSR count). The lowest BCUT2D eigenvalue weighted by molar-refractivity contribution is 0.422. The van der Waals surface area contributed by atoms with Crippen molar-refractivity contribution < 1.29 is 13.5 Å². The molecule has 1 aliphatic rings. The van der Waals surface area contributed by atoms with Crippen molar-refractivity contribution in [1.82, 2.24) is 9.97 Å². The number of nitrogens with zero attached hydrogens (tertiary/aromatic N) is 3. The van der Waals surface area contributed by atoms with E-state index in [-0.39, 0.29) is 28.0 Å². The van der Waals surface area contributed by atoms with E-state index in [1.165, 1.54) is 0 Å². The summed E-state index contributed by atoms with van der Waals surface area (Å²) in [5.41, 5.74) is 1.17. The average Bonchev–Trinajstić information content (AvgIpc) is 2.87. The molecule has 0 N–H and O–H groups in total. The number of ether oxygens (including phenoxy) is 1. The van der Waals surface area contributed by atoms with Gasteiger partial charge in [-0.3, -0.25) is 0 Å². The first-order valence-corrected chi connectivity index (χ1v) is 6.63. The molecule has 1 heterocycles. The molecule has 0 saturated carbocycles. The number of hydrogen-bond donors (Lipinski definition) is 0. The lowest BCUT2D eigenvalue weighted by Crippen LogP contribution is -1.99. The van der Waals surface area contributed by atoms with Crippen molar-refractivity contribution in [1.29, 1.82) is 0 Å². The summed E-state index contributed by atoms with van der Waals surface area (Å²) >= 11 is 5.76.